The predicted molar refractivity (Wildman–Crippen MR) is 87.1 cm³/mol. The van der Waals surface area contributed by atoms with Crippen LogP contribution in [0.2, 0.25) is 0 Å². The summed E-state index contributed by atoms with van der Waals surface area (Å²) in [5.41, 5.74) is 2.08. The van der Waals surface area contributed by atoms with Crippen molar-refractivity contribution in [2.24, 2.45) is 5.41 Å². The van der Waals surface area contributed by atoms with Gasteiger partial charge in [-0.25, -0.2) is 9.97 Å². The Morgan fingerprint density at radius 3 is 2.62 bits per heavy atom. The fourth-order valence-electron chi connectivity index (χ4n) is 2.52. The number of carbonyl (C=O) groups excluding carboxylic acids is 1. The van der Waals surface area contributed by atoms with Crippen LogP contribution in [0.1, 0.15) is 36.3 Å². The van der Waals surface area contributed by atoms with E-state index >= 15 is 0 Å². The monoisotopic (exact) mass is 409 g/mol. The number of hydrogen-bond acceptors (Lipinski definition) is 4. The second-order valence-electron chi connectivity index (χ2n) is 5.98. The van der Waals surface area contributed by atoms with Crippen LogP contribution in [-0.2, 0) is 6.42 Å². The average Bonchev–Trinajstić information content (AvgIpc) is 2.36. The molecule has 4 nitrogen and oxygen atoms in total. The first-order chi connectivity index (χ1) is 9.85. The Bertz CT molecular complexity index is 744. The zero-order valence-corrected chi connectivity index (χ0v) is 14.8. The number of hydrogen-bond donors (Lipinski definition) is 0. The maximum absolute atomic E-state index is 12.1. The van der Waals surface area contributed by atoms with Gasteiger partial charge in [-0.2, -0.15) is 0 Å². The molecular weight excluding hydrogens is 398 g/mol. The van der Waals surface area contributed by atoms with Crippen LogP contribution in [0, 0.1) is 5.41 Å². The lowest BCUT2D eigenvalue weighted by Crippen LogP contribution is -2.28. The van der Waals surface area contributed by atoms with Crippen molar-refractivity contribution in [2.75, 3.05) is 0 Å². The number of carbonyl (C=O) groups is 1. The second-order valence-corrected chi connectivity index (χ2v) is 7.75. The standard InChI is InChI=1S/C15H13Br2N3O/c1-15(2)4-11-9(12(21)5-15)7-19-14(20-11)13-10(17)3-8(16)6-18-13/h3,6-7H,4-5H2,1-2H3. The molecule has 0 N–H and O–H groups in total. The van der Waals surface area contributed by atoms with Crippen LogP contribution in [0.3, 0.4) is 0 Å². The van der Waals surface area contributed by atoms with Crippen molar-refractivity contribution in [3.8, 4) is 11.5 Å². The van der Waals surface area contributed by atoms with Gasteiger partial charge in [0.25, 0.3) is 0 Å². The van der Waals surface area contributed by atoms with Gasteiger partial charge in [0.05, 0.1) is 11.3 Å². The molecule has 6 heteroatoms. The van der Waals surface area contributed by atoms with E-state index in [1.165, 1.54) is 0 Å². The van der Waals surface area contributed by atoms with Crippen molar-refractivity contribution >= 4 is 37.6 Å². The molecule has 2 aromatic heterocycles. The zero-order chi connectivity index (χ0) is 15.2. The molecule has 0 saturated carbocycles. The molecule has 0 fully saturated rings. The maximum Gasteiger partial charge on any atom is 0.179 e. The van der Waals surface area contributed by atoms with Crippen LogP contribution in [0.5, 0.6) is 0 Å². The van der Waals surface area contributed by atoms with E-state index in [4.69, 9.17) is 0 Å². The molecule has 1 aliphatic carbocycles. The van der Waals surface area contributed by atoms with Crippen molar-refractivity contribution in [3.05, 3.63) is 38.7 Å². The molecule has 0 bridgehead atoms. The molecule has 2 aromatic rings. The quantitative estimate of drug-likeness (QED) is 0.706. The van der Waals surface area contributed by atoms with Gasteiger partial charge in [0.2, 0.25) is 0 Å². The van der Waals surface area contributed by atoms with Crippen molar-refractivity contribution in [1.29, 1.82) is 0 Å². The number of rotatable bonds is 1. The summed E-state index contributed by atoms with van der Waals surface area (Å²) in [5.74, 6) is 0.661. The van der Waals surface area contributed by atoms with Crippen LogP contribution in [0.4, 0.5) is 0 Å². The van der Waals surface area contributed by atoms with Crippen molar-refractivity contribution in [2.45, 2.75) is 26.7 Å². The SMILES string of the molecule is CC1(C)CC(=O)c2cnc(-c3ncc(Br)cc3Br)nc2C1. The van der Waals surface area contributed by atoms with Crippen molar-refractivity contribution < 1.29 is 4.79 Å². The number of ketones is 1. The number of Topliss-reactive ketones (excluding diaryl/α,β-unsaturated/α-hetero) is 1. The highest BCUT2D eigenvalue weighted by Crippen LogP contribution is 2.34. The van der Waals surface area contributed by atoms with Crippen LogP contribution in [0.15, 0.2) is 27.4 Å². The third-order valence-electron chi connectivity index (χ3n) is 3.47. The highest BCUT2D eigenvalue weighted by Gasteiger charge is 2.32. The normalized spacial score (nSPS) is 16.7. The van der Waals surface area contributed by atoms with Gasteiger partial charge in [-0.05, 0) is 49.8 Å². The molecule has 0 aromatic carbocycles. The average molecular weight is 411 g/mol. The van der Waals surface area contributed by atoms with E-state index in [9.17, 15) is 4.79 Å². The van der Waals surface area contributed by atoms with Gasteiger partial charge in [-0.1, -0.05) is 13.8 Å². The van der Waals surface area contributed by atoms with Crippen molar-refractivity contribution in [3.63, 3.8) is 0 Å². The van der Waals surface area contributed by atoms with Gasteiger partial charge in [-0.3, -0.25) is 9.78 Å². The summed E-state index contributed by atoms with van der Waals surface area (Å²) in [7, 11) is 0. The summed E-state index contributed by atoms with van der Waals surface area (Å²) in [6, 6.07) is 1.90. The van der Waals surface area contributed by atoms with Crippen LogP contribution < -0.4 is 0 Å². The number of aromatic nitrogens is 3. The molecule has 0 unspecified atom stereocenters. The van der Waals surface area contributed by atoms with E-state index in [1.807, 2.05) is 6.07 Å². The Balaban J connectivity index is 2.09. The predicted octanol–water partition coefficient (Wildman–Crippen LogP) is 4.22. The lowest BCUT2D eigenvalue weighted by molar-refractivity contribution is 0.0910. The number of halogens is 2. The highest BCUT2D eigenvalue weighted by molar-refractivity contribution is 9.11. The topological polar surface area (TPSA) is 55.7 Å². The van der Waals surface area contributed by atoms with E-state index in [1.54, 1.807) is 12.4 Å². The maximum atomic E-state index is 12.1. The highest BCUT2D eigenvalue weighted by atomic mass is 79.9. The summed E-state index contributed by atoms with van der Waals surface area (Å²) in [6.07, 6.45) is 4.66. The molecule has 0 radical (unpaired) electrons. The molecule has 0 aliphatic heterocycles. The molecule has 21 heavy (non-hydrogen) atoms. The minimum Gasteiger partial charge on any atom is -0.294 e. The molecule has 1 aliphatic rings. The molecule has 0 spiro atoms. The first-order valence-electron chi connectivity index (χ1n) is 6.56. The molecule has 3 rings (SSSR count). The third-order valence-corrected chi connectivity index (χ3v) is 4.51. The Hall–Kier alpha value is -1.14. The first kappa shape index (κ1) is 14.8. The van der Waals surface area contributed by atoms with Gasteiger partial charge in [0.1, 0.15) is 5.69 Å². The Morgan fingerprint density at radius 2 is 1.90 bits per heavy atom. The molecule has 0 atom stereocenters. The van der Waals surface area contributed by atoms with E-state index in [0.717, 1.165) is 21.1 Å². The molecule has 0 saturated heterocycles. The lowest BCUT2D eigenvalue weighted by Gasteiger charge is -2.29. The van der Waals surface area contributed by atoms with Gasteiger partial charge in [0.15, 0.2) is 11.6 Å². The Labute approximate surface area is 139 Å². The second kappa shape index (κ2) is 5.25. The first-order valence-corrected chi connectivity index (χ1v) is 8.15. The third kappa shape index (κ3) is 2.92. The number of fused-ring (bicyclic) bond motifs is 1. The fraction of sp³-hybridized carbons (Fsp3) is 0.333. The number of pyridine rings is 1. The van der Waals surface area contributed by atoms with E-state index in [0.29, 0.717) is 23.5 Å². The van der Waals surface area contributed by atoms with Gasteiger partial charge in [-0.15, -0.1) is 0 Å². The smallest absolute Gasteiger partial charge is 0.179 e. The minimum atomic E-state index is -0.0555. The van der Waals surface area contributed by atoms with E-state index in [-0.39, 0.29) is 11.2 Å². The summed E-state index contributed by atoms with van der Waals surface area (Å²) in [4.78, 5) is 25.4. The summed E-state index contributed by atoms with van der Waals surface area (Å²) in [5, 5.41) is 0. The zero-order valence-electron chi connectivity index (χ0n) is 11.7. The largest absolute Gasteiger partial charge is 0.294 e. The van der Waals surface area contributed by atoms with Crippen molar-refractivity contribution in [1.82, 2.24) is 15.0 Å². The minimum absolute atomic E-state index is 0.0555. The van der Waals surface area contributed by atoms with Gasteiger partial charge >= 0.3 is 0 Å². The lowest BCUT2D eigenvalue weighted by atomic mass is 9.76. The summed E-state index contributed by atoms with van der Waals surface area (Å²) >= 11 is 6.85. The van der Waals surface area contributed by atoms with E-state index < -0.39 is 0 Å². The molecule has 0 amide bonds. The van der Waals surface area contributed by atoms with E-state index in [2.05, 4.69) is 60.7 Å². The van der Waals surface area contributed by atoms with Gasteiger partial charge < -0.3 is 0 Å². The van der Waals surface area contributed by atoms with Gasteiger partial charge in [0, 0.05) is 27.8 Å². The summed E-state index contributed by atoms with van der Waals surface area (Å²) in [6.45, 7) is 4.17. The Morgan fingerprint density at radius 1 is 1.14 bits per heavy atom. The number of nitrogens with zero attached hydrogens (tertiary/aromatic N) is 3. The van der Waals surface area contributed by atoms with Crippen LogP contribution >= 0.6 is 31.9 Å². The van der Waals surface area contributed by atoms with Crippen LogP contribution in [-0.4, -0.2) is 20.7 Å². The molecule has 2 heterocycles. The molecule has 108 valence electrons. The molecular formula is C15H13Br2N3O. The van der Waals surface area contributed by atoms with Crippen LogP contribution in [0.25, 0.3) is 11.5 Å². The Kier molecular flexibility index (Phi) is 3.69. The summed E-state index contributed by atoms with van der Waals surface area (Å²) < 4.78 is 1.70. The fourth-order valence-corrected chi connectivity index (χ4v) is 3.69.